The smallest absolute Gasteiger partial charge is 0.259 e. The fourth-order valence-corrected chi connectivity index (χ4v) is 4.43. The molecule has 0 N–H and O–H groups in total. The monoisotopic (exact) mass is 369 g/mol. The fourth-order valence-electron chi connectivity index (χ4n) is 3.44. The molecule has 0 bridgehead atoms. The molecule has 6 nitrogen and oxygen atoms in total. The minimum Gasteiger partial charge on any atom is -0.361 e. The topological polar surface area (TPSA) is 76.3 Å². The number of carbonyl (C=O) groups is 2. The van der Waals surface area contributed by atoms with Crippen molar-refractivity contribution in [3.8, 4) is 0 Å². The highest BCUT2D eigenvalue weighted by Gasteiger charge is 2.31. The number of likely N-dealkylation sites (tertiary alicyclic amines) is 1. The molecule has 0 spiro atoms. The number of benzene rings is 1. The molecule has 3 heterocycles. The van der Waals surface area contributed by atoms with Gasteiger partial charge in [0.2, 0.25) is 0 Å². The highest BCUT2D eigenvalue weighted by Crippen LogP contribution is 2.28. The van der Waals surface area contributed by atoms with E-state index in [1.165, 1.54) is 11.3 Å². The first kappa shape index (κ1) is 16.9. The molecule has 0 radical (unpaired) electrons. The zero-order valence-electron chi connectivity index (χ0n) is 14.7. The number of fused-ring (bicyclic) bond motifs is 1. The summed E-state index contributed by atoms with van der Waals surface area (Å²) < 4.78 is 6.12. The number of hydrogen-bond acceptors (Lipinski definition) is 6. The minimum absolute atomic E-state index is 0.0628. The van der Waals surface area contributed by atoms with E-state index in [-0.39, 0.29) is 17.6 Å². The first-order valence-corrected chi connectivity index (χ1v) is 9.48. The fraction of sp³-hybridized carbons (Fsp3) is 0.368. The standard InChI is InChI=1S/C19H19N3O3S/c1-11-16(12(2)25-21-11)19(24)22-9-7-13(8-10-22)17(23)18-20-14-5-3-4-6-15(14)26-18/h3-6,13H,7-10H2,1-2H3. The van der Waals surface area contributed by atoms with Crippen LogP contribution in [0.25, 0.3) is 10.2 Å². The molecule has 1 fully saturated rings. The van der Waals surface area contributed by atoms with Crippen molar-refractivity contribution >= 4 is 33.2 Å². The van der Waals surface area contributed by atoms with Gasteiger partial charge in [-0.05, 0) is 38.8 Å². The van der Waals surface area contributed by atoms with Gasteiger partial charge in [0.25, 0.3) is 5.91 Å². The highest BCUT2D eigenvalue weighted by molar-refractivity contribution is 7.20. The average Bonchev–Trinajstić information content (AvgIpc) is 3.24. The van der Waals surface area contributed by atoms with Crippen LogP contribution in [0.3, 0.4) is 0 Å². The lowest BCUT2D eigenvalue weighted by Gasteiger charge is -2.30. The molecule has 0 unspecified atom stereocenters. The molecular weight excluding hydrogens is 350 g/mol. The van der Waals surface area contributed by atoms with Crippen LogP contribution in [0, 0.1) is 19.8 Å². The number of carbonyl (C=O) groups excluding carboxylic acids is 2. The molecule has 0 saturated carbocycles. The van der Waals surface area contributed by atoms with Crippen LogP contribution in [0.1, 0.15) is 44.5 Å². The van der Waals surface area contributed by atoms with Crippen LogP contribution in [-0.4, -0.2) is 39.8 Å². The van der Waals surface area contributed by atoms with Crippen molar-refractivity contribution < 1.29 is 14.1 Å². The minimum atomic E-state index is -0.0794. The van der Waals surface area contributed by atoms with Crippen LogP contribution in [0.5, 0.6) is 0 Å². The number of piperidine rings is 1. The molecule has 3 aromatic rings. The summed E-state index contributed by atoms with van der Waals surface area (Å²) in [6.45, 7) is 4.64. The molecular formula is C19H19N3O3S. The Hall–Kier alpha value is -2.54. The van der Waals surface area contributed by atoms with Crippen molar-refractivity contribution in [3.05, 3.63) is 46.3 Å². The Kier molecular flexibility index (Phi) is 4.32. The van der Waals surface area contributed by atoms with Gasteiger partial charge in [0.1, 0.15) is 11.3 Å². The number of Topliss-reactive ketones (excluding diaryl/α,β-unsaturated/α-hetero) is 1. The molecule has 7 heteroatoms. The molecule has 0 atom stereocenters. The zero-order valence-corrected chi connectivity index (χ0v) is 15.5. The van der Waals surface area contributed by atoms with Crippen molar-refractivity contribution in [1.29, 1.82) is 0 Å². The Bertz CT molecular complexity index is 930. The second-order valence-corrected chi connectivity index (χ2v) is 7.65. The number of nitrogens with zero attached hydrogens (tertiary/aromatic N) is 3. The van der Waals surface area contributed by atoms with Gasteiger partial charge in [-0.25, -0.2) is 4.98 Å². The first-order chi connectivity index (χ1) is 12.5. The molecule has 0 aliphatic carbocycles. The third kappa shape index (κ3) is 2.92. The molecule has 134 valence electrons. The summed E-state index contributed by atoms with van der Waals surface area (Å²) in [5.74, 6) is 0.493. The van der Waals surface area contributed by atoms with Crippen molar-refractivity contribution in [2.24, 2.45) is 5.92 Å². The lowest BCUT2D eigenvalue weighted by atomic mass is 9.92. The van der Waals surface area contributed by atoms with Crippen LogP contribution in [0.4, 0.5) is 0 Å². The Morgan fingerprint density at radius 1 is 1.19 bits per heavy atom. The van der Waals surface area contributed by atoms with E-state index >= 15 is 0 Å². The molecule has 1 amide bonds. The number of ketones is 1. The molecule has 1 aliphatic heterocycles. The van der Waals surface area contributed by atoms with Crippen LogP contribution < -0.4 is 0 Å². The van der Waals surface area contributed by atoms with Gasteiger partial charge in [-0.15, -0.1) is 11.3 Å². The molecule has 26 heavy (non-hydrogen) atoms. The number of thiazole rings is 1. The highest BCUT2D eigenvalue weighted by atomic mass is 32.1. The number of hydrogen-bond donors (Lipinski definition) is 0. The predicted molar refractivity (Wildman–Crippen MR) is 98.6 cm³/mol. The van der Waals surface area contributed by atoms with E-state index in [1.54, 1.807) is 18.7 Å². The third-order valence-electron chi connectivity index (χ3n) is 4.90. The van der Waals surface area contributed by atoms with E-state index < -0.39 is 0 Å². The maximum Gasteiger partial charge on any atom is 0.259 e. The van der Waals surface area contributed by atoms with Gasteiger partial charge in [-0.1, -0.05) is 17.3 Å². The average molecular weight is 369 g/mol. The van der Waals surface area contributed by atoms with Crippen LogP contribution in [0.15, 0.2) is 28.8 Å². The third-order valence-corrected chi connectivity index (χ3v) is 5.96. The Balaban J connectivity index is 1.44. The van der Waals surface area contributed by atoms with Crippen LogP contribution in [-0.2, 0) is 0 Å². The van der Waals surface area contributed by atoms with E-state index in [0.717, 1.165) is 10.2 Å². The van der Waals surface area contributed by atoms with Gasteiger partial charge >= 0.3 is 0 Å². The largest absolute Gasteiger partial charge is 0.361 e. The Morgan fingerprint density at radius 2 is 1.92 bits per heavy atom. The number of amides is 1. The van der Waals surface area contributed by atoms with Gasteiger partial charge < -0.3 is 9.42 Å². The molecule has 4 rings (SSSR count). The van der Waals surface area contributed by atoms with Crippen molar-refractivity contribution in [3.63, 3.8) is 0 Å². The van der Waals surface area contributed by atoms with Crippen molar-refractivity contribution in [2.75, 3.05) is 13.1 Å². The van der Waals surface area contributed by atoms with Crippen molar-refractivity contribution in [1.82, 2.24) is 15.0 Å². The van der Waals surface area contributed by atoms with E-state index in [1.807, 2.05) is 24.3 Å². The number of para-hydroxylation sites is 1. The molecule has 1 aliphatic rings. The maximum absolute atomic E-state index is 12.8. The van der Waals surface area contributed by atoms with Gasteiger partial charge in [-0.2, -0.15) is 0 Å². The summed E-state index contributed by atoms with van der Waals surface area (Å²) in [5, 5.41) is 4.42. The molecule has 1 saturated heterocycles. The van der Waals surface area contributed by atoms with Crippen LogP contribution >= 0.6 is 11.3 Å². The number of rotatable bonds is 3. The quantitative estimate of drug-likeness (QED) is 0.659. The number of aryl methyl sites for hydroxylation is 2. The Morgan fingerprint density at radius 3 is 2.58 bits per heavy atom. The van der Waals surface area contributed by atoms with E-state index in [0.29, 0.717) is 48.0 Å². The first-order valence-electron chi connectivity index (χ1n) is 8.66. The van der Waals surface area contributed by atoms with Crippen molar-refractivity contribution in [2.45, 2.75) is 26.7 Å². The second kappa shape index (κ2) is 6.64. The van der Waals surface area contributed by atoms with E-state index in [4.69, 9.17) is 4.52 Å². The van der Waals surface area contributed by atoms with Gasteiger partial charge in [0, 0.05) is 19.0 Å². The van der Waals surface area contributed by atoms with Crippen LogP contribution in [0.2, 0.25) is 0 Å². The summed E-state index contributed by atoms with van der Waals surface area (Å²) in [6, 6.07) is 7.78. The SMILES string of the molecule is Cc1noc(C)c1C(=O)N1CCC(C(=O)c2nc3ccccc3s2)CC1. The summed E-state index contributed by atoms with van der Waals surface area (Å²) in [5.41, 5.74) is 2.02. The lowest BCUT2D eigenvalue weighted by Crippen LogP contribution is -2.40. The zero-order chi connectivity index (χ0) is 18.3. The molecule has 1 aromatic carbocycles. The Labute approximate surface area is 154 Å². The predicted octanol–water partition coefficient (Wildman–Crippen LogP) is 3.64. The molecule has 2 aromatic heterocycles. The summed E-state index contributed by atoms with van der Waals surface area (Å²) in [7, 11) is 0. The van der Waals surface area contributed by atoms with E-state index in [2.05, 4.69) is 10.1 Å². The normalized spacial score (nSPS) is 15.5. The van der Waals surface area contributed by atoms with Gasteiger partial charge in [0.15, 0.2) is 10.8 Å². The summed E-state index contributed by atoms with van der Waals surface area (Å²) in [6.07, 6.45) is 1.31. The second-order valence-electron chi connectivity index (χ2n) is 6.62. The maximum atomic E-state index is 12.8. The van der Waals surface area contributed by atoms with Gasteiger partial charge in [-0.3, -0.25) is 9.59 Å². The van der Waals surface area contributed by atoms with E-state index in [9.17, 15) is 9.59 Å². The summed E-state index contributed by atoms with van der Waals surface area (Å²) >= 11 is 1.45. The number of aromatic nitrogens is 2. The summed E-state index contributed by atoms with van der Waals surface area (Å²) in [4.78, 5) is 31.8. The van der Waals surface area contributed by atoms with Gasteiger partial charge in [0.05, 0.1) is 15.9 Å². The lowest BCUT2D eigenvalue weighted by molar-refractivity contribution is 0.0648.